The molecule has 0 unspecified atom stereocenters. The van der Waals surface area contributed by atoms with Gasteiger partial charge in [-0.15, -0.1) is 11.3 Å². The van der Waals surface area contributed by atoms with E-state index < -0.39 is 0 Å². The Kier molecular flexibility index (Phi) is 4.75. The molecule has 1 atom stereocenters. The van der Waals surface area contributed by atoms with Crippen molar-refractivity contribution in [3.8, 4) is 0 Å². The Labute approximate surface area is 108 Å². The SMILES string of the molecule is CCN1CCCCC[C@H]1CC(=O)c1cccs1. The van der Waals surface area contributed by atoms with Crippen molar-refractivity contribution in [2.75, 3.05) is 13.1 Å². The second-order valence-corrected chi connectivity index (χ2v) is 5.68. The van der Waals surface area contributed by atoms with Gasteiger partial charge < -0.3 is 4.90 Å². The van der Waals surface area contributed by atoms with E-state index in [0.29, 0.717) is 18.2 Å². The zero-order valence-corrected chi connectivity index (χ0v) is 11.3. The lowest BCUT2D eigenvalue weighted by molar-refractivity contribution is 0.0926. The molecule has 0 radical (unpaired) electrons. The van der Waals surface area contributed by atoms with E-state index in [0.717, 1.165) is 11.4 Å². The van der Waals surface area contributed by atoms with Crippen LogP contribution in [0.25, 0.3) is 0 Å². The number of rotatable bonds is 4. The van der Waals surface area contributed by atoms with Crippen LogP contribution in [0.1, 0.15) is 48.7 Å². The summed E-state index contributed by atoms with van der Waals surface area (Å²) in [4.78, 5) is 15.5. The molecule has 17 heavy (non-hydrogen) atoms. The van der Waals surface area contributed by atoms with Crippen LogP contribution >= 0.6 is 11.3 Å². The van der Waals surface area contributed by atoms with Crippen molar-refractivity contribution >= 4 is 17.1 Å². The minimum absolute atomic E-state index is 0.324. The third-order valence-electron chi connectivity index (χ3n) is 3.62. The van der Waals surface area contributed by atoms with Gasteiger partial charge in [-0.25, -0.2) is 0 Å². The number of nitrogens with zero attached hydrogens (tertiary/aromatic N) is 1. The van der Waals surface area contributed by atoms with E-state index in [-0.39, 0.29) is 0 Å². The Hall–Kier alpha value is -0.670. The van der Waals surface area contributed by atoms with Crippen LogP contribution in [0.2, 0.25) is 0 Å². The average molecular weight is 251 g/mol. The number of carbonyl (C=O) groups excluding carboxylic acids is 1. The largest absolute Gasteiger partial charge is 0.300 e. The molecule has 0 bridgehead atoms. The van der Waals surface area contributed by atoms with Gasteiger partial charge in [0.05, 0.1) is 4.88 Å². The van der Waals surface area contributed by atoms with Crippen molar-refractivity contribution in [1.82, 2.24) is 4.90 Å². The third kappa shape index (κ3) is 3.39. The first-order chi connectivity index (χ1) is 8.31. The molecule has 0 spiro atoms. The molecule has 1 aliphatic rings. The van der Waals surface area contributed by atoms with Crippen LogP contribution in [-0.2, 0) is 0 Å². The number of carbonyl (C=O) groups is 1. The quantitative estimate of drug-likeness (QED) is 0.762. The summed E-state index contributed by atoms with van der Waals surface area (Å²) in [5, 5.41) is 1.98. The van der Waals surface area contributed by atoms with Gasteiger partial charge in [-0.05, 0) is 37.4 Å². The van der Waals surface area contributed by atoms with E-state index in [1.165, 1.54) is 32.2 Å². The Morgan fingerprint density at radius 1 is 1.47 bits per heavy atom. The van der Waals surface area contributed by atoms with Crippen LogP contribution in [0.15, 0.2) is 17.5 Å². The second-order valence-electron chi connectivity index (χ2n) is 4.74. The van der Waals surface area contributed by atoms with E-state index in [1.54, 1.807) is 11.3 Å². The first-order valence-electron chi connectivity index (χ1n) is 6.62. The molecule has 2 nitrogen and oxygen atoms in total. The van der Waals surface area contributed by atoms with E-state index in [4.69, 9.17) is 0 Å². The molecule has 2 heterocycles. The van der Waals surface area contributed by atoms with Gasteiger partial charge in [0.15, 0.2) is 5.78 Å². The van der Waals surface area contributed by atoms with E-state index in [9.17, 15) is 4.79 Å². The summed E-state index contributed by atoms with van der Waals surface area (Å²) < 4.78 is 0. The number of thiophene rings is 1. The first kappa shape index (κ1) is 12.8. The predicted molar refractivity (Wildman–Crippen MR) is 72.8 cm³/mol. The van der Waals surface area contributed by atoms with Crippen LogP contribution < -0.4 is 0 Å². The van der Waals surface area contributed by atoms with Crippen LogP contribution in [0.5, 0.6) is 0 Å². The molecule has 2 rings (SSSR count). The molecule has 3 heteroatoms. The maximum atomic E-state index is 12.1. The molecule has 0 N–H and O–H groups in total. The highest BCUT2D eigenvalue weighted by molar-refractivity contribution is 7.12. The Bertz CT molecular complexity index is 347. The highest BCUT2D eigenvalue weighted by Gasteiger charge is 2.22. The molecular weight excluding hydrogens is 230 g/mol. The lowest BCUT2D eigenvalue weighted by Crippen LogP contribution is -2.36. The lowest BCUT2D eigenvalue weighted by Gasteiger charge is -2.27. The van der Waals surface area contributed by atoms with Gasteiger partial charge in [0.25, 0.3) is 0 Å². The maximum absolute atomic E-state index is 12.1. The van der Waals surface area contributed by atoms with Crippen molar-refractivity contribution in [3.63, 3.8) is 0 Å². The lowest BCUT2D eigenvalue weighted by atomic mass is 10.0. The number of hydrogen-bond donors (Lipinski definition) is 0. The van der Waals surface area contributed by atoms with E-state index in [2.05, 4.69) is 11.8 Å². The molecule has 1 fully saturated rings. The molecule has 1 saturated heterocycles. The number of Topliss-reactive ketones (excluding diaryl/α,β-unsaturated/α-hetero) is 1. The van der Waals surface area contributed by atoms with Gasteiger partial charge in [0.2, 0.25) is 0 Å². The Balaban J connectivity index is 1.97. The van der Waals surface area contributed by atoms with Crippen molar-refractivity contribution in [2.24, 2.45) is 0 Å². The van der Waals surface area contributed by atoms with Crippen LogP contribution in [0.4, 0.5) is 0 Å². The Morgan fingerprint density at radius 3 is 3.06 bits per heavy atom. The molecule has 1 aromatic rings. The zero-order valence-electron chi connectivity index (χ0n) is 10.5. The fraction of sp³-hybridized carbons (Fsp3) is 0.643. The average Bonchev–Trinajstić information content (AvgIpc) is 2.78. The van der Waals surface area contributed by atoms with Gasteiger partial charge in [0.1, 0.15) is 0 Å². The van der Waals surface area contributed by atoms with Crippen LogP contribution in [-0.4, -0.2) is 29.8 Å². The van der Waals surface area contributed by atoms with Gasteiger partial charge in [0, 0.05) is 12.5 Å². The summed E-state index contributed by atoms with van der Waals surface area (Å²) in [6, 6.07) is 4.37. The number of ketones is 1. The molecule has 0 aromatic carbocycles. The molecule has 0 aliphatic carbocycles. The standard InChI is InChI=1S/C14H21NOS/c1-2-15-9-5-3-4-7-12(15)11-13(16)14-8-6-10-17-14/h6,8,10,12H,2-5,7,9,11H2,1H3/t12-/m0/s1. The summed E-state index contributed by atoms with van der Waals surface area (Å²) in [6.07, 6.45) is 5.77. The van der Waals surface area contributed by atoms with Crippen molar-refractivity contribution in [3.05, 3.63) is 22.4 Å². The molecular formula is C14H21NOS. The second kappa shape index (κ2) is 6.31. The van der Waals surface area contributed by atoms with Crippen molar-refractivity contribution < 1.29 is 4.79 Å². The summed E-state index contributed by atoms with van der Waals surface area (Å²) in [5.41, 5.74) is 0. The van der Waals surface area contributed by atoms with Crippen molar-refractivity contribution in [2.45, 2.75) is 45.1 Å². The van der Waals surface area contributed by atoms with Gasteiger partial charge >= 0.3 is 0 Å². The normalized spacial score (nSPS) is 22.3. The van der Waals surface area contributed by atoms with Crippen LogP contribution in [0.3, 0.4) is 0 Å². The highest BCUT2D eigenvalue weighted by Crippen LogP contribution is 2.22. The molecule has 1 aliphatic heterocycles. The van der Waals surface area contributed by atoms with Crippen molar-refractivity contribution in [1.29, 1.82) is 0 Å². The first-order valence-corrected chi connectivity index (χ1v) is 7.50. The third-order valence-corrected chi connectivity index (χ3v) is 4.53. The fourth-order valence-corrected chi connectivity index (χ4v) is 3.31. The molecule has 0 saturated carbocycles. The minimum atomic E-state index is 0.324. The number of hydrogen-bond acceptors (Lipinski definition) is 3. The highest BCUT2D eigenvalue weighted by atomic mass is 32.1. The molecule has 94 valence electrons. The monoisotopic (exact) mass is 251 g/mol. The van der Waals surface area contributed by atoms with Gasteiger partial charge in [-0.2, -0.15) is 0 Å². The Morgan fingerprint density at radius 2 is 2.35 bits per heavy atom. The van der Waals surface area contributed by atoms with E-state index >= 15 is 0 Å². The topological polar surface area (TPSA) is 20.3 Å². The smallest absolute Gasteiger partial charge is 0.174 e. The fourth-order valence-electron chi connectivity index (χ4n) is 2.64. The molecule has 1 aromatic heterocycles. The molecule has 0 amide bonds. The summed E-state index contributed by atoms with van der Waals surface area (Å²) in [6.45, 7) is 4.44. The minimum Gasteiger partial charge on any atom is -0.300 e. The van der Waals surface area contributed by atoms with E-state index in [1.807, 2.05) is 17.5 Å². The summed E-state index contributed by atoms with van der Waals surface area (Å²) >= 11 is 1.57. The summed E-state index contributed by atoms with van der Waals surface area (Å²) in [7, 11) is 0. The predicted octanol–water partition coefficient (Wildman–Crippen LogP) is 3.59. The zero-order chi connectivity index (χ0) is 12.1. The summed E-state index contributed by atoms with van der Waals surface area (Å²) in [5.74, 6) is 0.324. The number of likely N-dealkylation sites (tertiary alicyclic amines) is 1. The van der Waals surface area contributed by atoms with Gasteiger partial charge in [-0.1, -0.05) is 25.8 Å². The maximum Gasteiger partial charge on any atom is 0.174 e. The van der Waals surface area contributed by atoms with Gasteiger partial charge in [-0.3, -0.25) is 4.79 Å². The van der Waals surface area contributed by atoms with Crippen LogP contribution in [0, 0.1) is 0 Å².